The van der Waals surface area contributed by atoms with Gasteiger partial charge in [-0.3, -0.25) is 0 Å². The van der Waals surface area contributed by atoms with Crippen LogP contribution in [0.3, 0.4) is 0 Å². The van der Waals surface area contributed by atoms with E-state index in [2.05, 4.69) is 20.8 Å². The lowest BCUT2D eigenvalue weighted by molar-refractivity contribution is 0.113. The molecule has 0 amide bonds. The molecular formula is C15H21F. The third-order valence-electron chi connectivity index (χ3n) is 3.95. The highest BCUT2D eigenvalue weighted by Crippen LogP contribution is 2.50. The Kier molecular flexibility index (Phi) is 2.81. The van der Waals surface area contributed by atoms with Crippen LogP contribution in [-0.2, 0) is 0 Å². The standard InChI is InChI=1S/C15H21F/c1-10-5-6-14(16)13(7-10)11-8-12(9-11)15(2,3)4/h5-7,11-12H,8-9H2,1-4H3. The van der Waals surface area contributed by atoms with E-state index in [1.807, 2.05) is 19.1 Å². The van der Waals surface area contributed by atoms with Crippen molar-refractivity contribution < 1.29 is 4.39 Å². The van der Waals surface area contributed by atoms with Crippen molar-refractivity contribution in [2.24, 2.45) is 11.3 Å². The van der Waals surface area contributed by atoms with E-state index < -0.39 is 0 Å². The van der Waals surface area contributed by atoms with Crippen LogP contribution in [0.25, 0.3) is 0 Å². The van der Waals surface area contributed by atoms with Gasteiger partial charge in [0.05, 0.1) is 0 Å². The van der Waals surface area contributed by atoms with Gasteiger partial charge in [0.15, 0.2) is 0 Å². The number of aryl methyl sites for hydroxylation is 1. The van der Waals surface area contributed by atoms with E-state index in [-0.39, 0.29) is 5.82 Å². The zero-order valence-electron chi connectivity index (χ0n) is 10.7. The van der Waals surface area contributed by atoms with E-state index in [1.165, 1.54) is 0 Å². The summed E-state index contributed by atoms with van der Waals surface area (Å²) in [5.74, 6) is 1.17. The summed E-state index contributed by atoms with van der Waals surface area (Å²) in [6.45, 7) is 8.87. The third kappa shape index (κ3) is 2.14. The molecular weight excluding hydrogens is 199 g/mol. The zero-order valence-corrected chi connectivity index (χ0v) is 10.7. The number of halogens is 1. The summed E-state index contributed by atoms with van der Waals surface area (Å²) in [6, 6.07) is 5.46. The number of benzene rings is 1. The highest BCUT2D eigenvalue weighted by atomic mass is 19.1. The van der Waals surface area contributed by atoms with Gasteiger partial charge in [0, 0.05) is 0 Å². The molecule has 0 atom stereocenters. The maximum Gasteiger partial charge on any atom is 0.126 e. The molecule has 88 valence electrons. The average Bonchev–Trinajstić information content (AvgIpc) is 2.06. The highest BCUT2D eigenvalue weighted by molar-refractivity contribution is 5.29. The first-order valence-electron chi connectivity index (χ1n) is 6.14. The van der Waals surface area contributed by atoms with Crippen molar-refractivity contribution in [2.45, 2.75) is 46.5 Å². The van der Waals surface area contributed by atoms with Crippen molar-refractivity contribution in [2.75, 3.05) is 0 Å². The maximum absolute atomic E-state index is 13.7. The first-order chi connectivity index (χ1) is 7.38. The van der Waals surface area contributed by atoms with Crippen molar-refractivity contribution in [1.29, 1.82) is 0 Å². The summed E-state index contributed by atoms with van der Waals surface area (Å²) < 4.78 is 13.7. The van der Waals surface area contributed by atoms with E-state index >= 15 is 0 Å². The van der Waals surface area contributed by atoms with Crippen molar-refractivity contribution >= 4 is 0 Å². The molecule has 1 aliphatic carbocycles. The molecule has 0 aliphatic heterocycles. The molecule has 16 heavy (non-hydrogen) atoms. The van der Waals surface area contributed by atoms with E-state index in [4.69, 9.17) is 0 Å². The Balaban J connectivity index is 2.09. The summed E-state index contributed by atoms with van der Waals surface area (Å²) in [4.78, 5) is 0. The summed E-state index contributed by atoms with van der Waals surface area (Å²) in [7, 11) is 0. The van der Waals surface area contributed by atoms with Gasteiger partial charge in [-0.15, -0.1) is 0 Å². The smallest absolute Gasteiger partial charge is 0.126 e. The van der Waals surface area contributed by atoms with Gasteiger partial charge in [-0.2, -0.15) is 0 Å². The Morgan fingerprint density at radius 1 is 1.19 bits per heavy atom. The van der Waals surface area contributed by atoms with Crippen LogP contribution in [0.4, 0.5) is 4.39 Å². The van der Waals surface area contributed by atoms with E-state index in [0.29, 0.717) is 11.3 Å². The second kappa shape index (κ2) is 3.87. The Morgan fingerprint density at radius 2 is 1.81 bits per heavy atom. The van der Waals surface area contributed by atoms with Crippen LogP contribution in [-0.4, -0.2) is 0 Å². The molecule has 1 aliphatic rings. The van der Waals surface area contributed by atoms with Crippen LogP contribution in [0.5, 0.6) is 0 Å². The molecule has 1 aromatic carbocycles. The van der Waals surface area contributed by atoms with Gasteiger partial charge < -0.3 is 0 Å². The van der Waals surface area contributed by atoms with Crippen LogP contribution < -0.4 is 0 Å². The molecule has 0 spiro atoms. The molecule has 2 rings (SSSR count). The molecule has 0 bridgehead atoms. The average molecular weight is 220 g/mol. The fraction of sp³-hybridized carbons (Fsp3) is 0.600. The van der Waals surface area contributed by atoms with Crippen molar-refractivity contribution in [3.8, 4) is 0 Å². The lowest BCUT2D eigenvalue weighted by Gasteiger charge is -2.44. The quantitative estimate of drug-likeness (QED) is 0.645. The van der Waals surface area contributed by atoms with Gasteiger partial charge in [0.25, 0.3) is 0 Å². The van der Waals surface area contributed by atoms with Crippen molar-refractivity contribution in [3.63, 3.8) is 0 Å². The number of rotatable bonds is 1. The van der Waals surface area contributed by atoms with Gasteiger partial charge in [-0.1, -0.05) is 38.5 Å². The second-order valence-corrected chi connectivity index (χ2v) is 6.26. The molecule has 0 nitrogen and oxygen atoms in total. The molecule has 1 saturated carbocycles. The summed E-state index contributed by atoms with van der Waals surface area (Å²) in [6.07, 6.45) is 2.29. The fourth-order valence-corrected chi connectivity index (χ4v) is 2.55. The van der Waals surface area contributed by atoms with E-state index in [0.717, 1.165) is 29.9 Å². The van der Waals surface area contributed by atoms with Crippen molar-refractivity contribution in [3.05, 3.63) is 35.1 Å². The van der Waals surface area contributed by atoms with Gasteiger partial charge in [-0.25, -0.2) is 4.39 Å². The fourth-order valence-electron chi connectivity index (χ4n) is 2.55. The lowest BCUT2D eigenvalue weighted by atomic mass is 9.61. The van der Waals surface area contributed by atoms with Crippen LogP contribution in [0.1, 0.15) is 50.7 Å². The molecule has 0 unspecified atom stereocenters. The molecule has 1 fully saturated rings. The van der Waals surface area contributed by atoms with Gasteiger partial charge in [0.2, 0.25) is 0 Å². The second-order valence-electron chi connectivity index (χ2n) is 6.26. The van der Waals surface area contributed by atoms with Crippen LogP contribution in [0.15, 0.2) is 18.2 Å². The molecule has 0 N–H and O–H groups in total. The minimum atomic E-state index is -0.0250. The minimum absolute atomic E-state index is 0.0250. The van der Waals surface area contributed by atoms with Gasteiger partial charge in [0.1, 0.15) is 5.82 Å². The molecule has 0 radical (unpaired) electrons. The molecule has 0 heterocycles. The highest BCUT2D eigenvalue weighted by Gasteiger charge is 2.38. The number of hydrogen-bond donors (Lipinski definition) is 0. The van der Waals surface area contributed by atoms with E-state index in [9.17, 15) is 4.39 Å². The van der Waals surface area contributed by atoms with Gasteiger partial charge in [-0.05, 0) is 48.6 Å². The largest absolute Gasteiger partial charge is 0.207 e. The first-order valence-corrected chi connectivity index (χ1v) is 6.14. The number of hydrogen-bond acceptors (Lipinski definition) is 0. The Labute approximate surface area is 97.9 Å². The molecule has 1 heteroatoms. The monoisotopic (exact) mass is 220 g/mol. The van der Waals surface area contributed by atoms with Crippen LogP contribution in [0, 0.1) is 24.1 Å². The topological polar surface area (TPSA) is 0 Å². The van der Waals surface area contributed by atoms with Crippen molar-refractivity contribution in [1.82, 2.24) is 0 Å². The lowest BCUT2D eigenvalue weighted by Crippen LogP contribution is -2.33. The first kappa shape index (κ1) is 11.6. The molecule has 1 aromatic rings. The van der Waals surface area contributed by atoms with Gasteiger partial charge >= 0.3 is 0 Å². The summed E-state index contributed by atoms with van der Waals surface area (Å²) in [5.41, 5.74) is 2.47. The van der Waals surface area contributed by atoms with Crippen LogP contribution >= 0.6 is 0 Å². The Hall–Kier alpha value is -0.850. The minimum Gasteiger partial charge on any atom is -0.207 e. The summed E-state index contributed by atoms with van der Waals surface area (Å²) in [5, 5.41) is 0. The SMILES string of the molecule is Cc1ccc(F)c(C2CC(C(C)(C)C)C2)c1. The Morgan fingerprint density at radius 3 is 2.38 bits per heavy atom. The predicted molar refractivity (Wildman–Crippen MR) is 66.1 cm³/mol. The normalized spacial score (nSPS) is 25.3. The maximum atomic E-state index is 13.7. The zero-order chi connectivity index (χ0) is 11.9. The molecule has 0 aromatic heterocycles. The molecule has 0 saturated heterocycles. The third-order valence-corrected chi connectivity index (χ3v) is 3.95. The van der Waals surface area contributed by atoms with E-state index in [1.54, 1.807) is 6.07 Å². The summed E-state index contributed by atoms with van der Waals surface area (Å²) >= 11 is 0. The Bertz CT molecular complexity index is 381. The predicted octanol–water partition coefficient (Wildman–Crippen LogP) is 4.67. The van der Waals surface area contributed by atoms with Crippen LogP contribution in [0.2, 0.25) is 0 Å².